The van der Waals surface area contributed by atoms with E-state index in [0.717, 1.165) is 17.6 Å². The third-order valence-corrected chi connectivity index (χ3v) is 2.31. The van der Waals surface area contributed by atoms with Crippen molar-refractivity contribution in [2.75, 3.05) is 14.2 Å². The van der Waals surface area contributed by atoms with Gasteiger partial charge in [-0.25, -0.2) is 0 Å². The first kappa shape index (κ1) is 11.6. The maximum absolute atomic E-state index is 10.8. The molecule has 0 fully saturated rings. The molecule has 0 bridgehead atoms. The Hall–Kier alpha value is -1.51. The molecule has 0 saturated heterocycles. The molecule has 1 aromatic carbocycles. The number of methoxy groups -OCH3 is 2. The summed E-state index contributed by atoms with van der Waals surface area (Å²) in [6.07, 6.45) is 0.796. The molecule has 0 spiro atoms. The van der Waals surface area contributed by atoms with Gasteiger partial charge in [0.2, 0.25) is 0 Å². The van der Waals surface area contributed by atoms with Crippen molar-refractivity contribution in [3.63, 3.8) is 0 Å². The highest BCUT2D eigenvalue weighted by Crippen LogP contribution is 2.36. The van der Waals surface area contributed by atoms with Crippen LogP contribution in [0.1, 0.15) is 35.7 Å². The molecule has 0 heterocycles. The summed E-state index contributed by atoms with van der Waals surface area (Å²) in [5, 5.41) is 0. The summed E-state index contributed by atoms with van der Waals surface area (Å²) in [5.41, 5.74) is 1.49. The predicted molar refractivity (Wildman–Crippen MR) is 59.0 cm³/mol. The first-order valence-corrected chi connectivity index (χ1v) is 4.85. The standard InChI is InChI=1S/C12H16O3/c1-8(2)11-10(14-3)6-5-9(7-13)12(11)15-4/h5-8H,1-4H3. The van der Waals surface area contributed by atoms with Crippen LogP contribution in [0.25, 0.3) is 0 Å². The molecule has 3 nitrogen and oxygen atoms in total. The van der Waals surface area contributed by atoms with Gasteiger partial charge in [-0.3, -0.25) is 4.79 Å². The summed E-state index contributed by atoms with van der Waals surface area (Å²) in [4.78, 5) is 10.8. The van der Waals surface area contributed by atoms with Gasteiger partial charge in [0, 0.05) is 5.56 Å². The van der Waals surface area contributed by atoms with Gasteiger partial charge in [-0.05, 0) is 18.1 Å². The number of ether oxygens (including phenoxy) is 2. The number of benzene rings is 1. The van der Waals surface area contributed by atoms with Crippen LogP contribution in [0.2, 0.25) is 0 Å². The van der Waals surface area contributed by atoms with Crippen LogP contribution in [-0.4, -0.2) is 20.5 Å². The van der Waals surface area contributed by atoms with Gasteiger partial charge in [0.15, 0.2) is 6.29 Å². The number of carbonyl (C=O) groups excluding carboxylic acids is 1. The Morgan fingerprint density at radius 3 is 2.27 bits per heavy atom. The van der Waals surface area contributed by atoms with Crippen LogP contribution in [0.4, 0.5) is 0 Å². The minimum atomic E-state index is 0.245. The Bertz CT molecular complexity index is 356. The van der Waals surface area contributed by atoms with Crippen LogP contribution in [0.3, 0.4) is 0 Å². The summed E-state index contributed by atoms with van der Waals surface area (Å²) >= 11 is 0. The fourth-order valence-electron chi connectivity index (χ4n) is 1.64. The average molecular weight is 208 g/mol. The van der Waals surface area contributed by atoms with Crippen molar-refractivity contribution in [2.45, 2.75) is 19.8 Å². The van der Waals surface area contributed by atoms with Crippen LogP contribution >= 0.6 is 0 Å². The lowest BCUT2D eigenvalue weighted by molar-refractivity contribution is 0.112. The first-order valence-electron chi connectivity index (χ1n) is 4.85. The minimum absolute atomic E-state index is 0.245. The molecule has 0 aliphatic heterocycles. The third kappa shape index (κ3) is 2.12. The van der Waals surface area contributed by atoms with E-state index in [9.17, 15) is 4.79 Å². The number of hydrogen-bond acceptors (Lipinski definition) is 3. The first-order chi connectivity index (χ1) is 7.15. The lowest BCUT2D eigenvalue weighted by atomic mass is 9.98. The van der Waals surface area contributed by atoms with E-state index < -0.39 is 0 Å². The van der Waals surface area contributed by atoms with Gasteiger partial charge in [0.05, 0.1) is 19.8 Å². The highest BCUT2D eigenvalue weighted by atomic mass is 16.5. The Balaban J connectivity index is 3.44. The minimum Gasteiger partial charge on any atom is -0.496 e. The van der Waals surface area contributed by atoms with E-state index in [1.54, 1.807) is 26.4 Å². The van der Waals surface area contributed by atoms with Crippen molar-refractivity contribution in [3.8, 4) is 11.5 Å². The van der Waals surface area contributed by atoms with Gasteiger partial charge < -0.3 is 9.47 Å². The number of rotatable bonds is 4. The highest BCUT2D eigenvalue weighted by molar-refractivity contribution is 5.81. The second-order valence-electron chi connectivity index (χ2n) is 3.58. The summed E-state index contributed by atoms with van der Waals surface area (Å²) < 4.78 is 10.5. The Morgan fingerprint density at radius 2 is 1.87 bits per heavy atom. The summed E-state index contributed by atoms with van der Waals surface area (Å²) in [5.74, 6) is 1.61. The van der Waals surface area contributed by atoms with Crippen LogP contribution in [0, 0.1) is 0 Å². The maximum Gasteiger partial charge on any atom is 0.153 e. The van der Waals surface area contributed by atoms with Crippen molar-refractivity contribution >= 4 is 6.29 Å². The maximum atomic E-state index is 10.8. The summed E-state index contributed by atoms with van der Waals surface area (Å²) in [7, 11) is 3.18. The highest BCUT2D eigenvalue weighted by Gasteiger charge is 2.17. The zero-order chi connectivity index (χ0) is 11.4. The van der Waals surface area contributed by atoms with Gasteiger partial charge in [-0.1, -0.05) is 13.8 Å². The molecule has 0 N–H and O–H groups in total. The van der Waals surface area contributed by atoms with Crippen molar-refractivity contribution in [1.82, 2.24) is 0 Å². The fraction of sp³-hybridized carbons (Fsp3) is 0.417. The van der Waals surface area contributed by atoms with E-state index in [4.69, 9.17) is 9.47 Å². The second-order valence-corrected chi connectivity index (χ2v) is 3.58. The molecule has 0 saturated carbocycles. The molecule has 15 heavy (non-hydrogen) atoms. The summed E-state index contributed by atoms with van der Waals surface area (Å²) in [6.45, 7) is 4.07. The van der Waals surface area contributed by atoms with Crippen LogP contribution < -0.4 is 9.47 Å². The van der Waals surface area contributed by atoms with Crippen molar-refractivity contribution < 1.29 is 14.3 Å². The molecule has 0 aromatic heterocycles. The predicted octanol–water partition coefficient (Wildman–Crippen LogP) is 2.64. The van der Waals surface area contributed by atoms with Crippen LogP contribution in [0.15, 0.2) is 12.1 Å². The molecule has 0 atom stereocenters. The van der Waals surface area contributed by atoms with Gasteiger partial charge >= 0.3 is 0 Å². The number of carbonyl (C=O) groups is 1. The zero-order valence-corrected chi connectivity index (χ0v) is 9.53. The summed E-state index contributed by atoms with van der Waals surface area (Å²) in [6, 6.07) is 3.50. The van der Waals surface area contributed by atoms with E-state index in [1.807, 2.05) is 13.8 Å². The smallest absolute Gasteiger partial charge is 0.153 e. The molecule has 0 radical (unpaired) electrons. The van der Waals surface area contributed by atoms with Crippen molar-refractivity contribution in [1.29, 1.82) is 0 Å². The number of aldehydes is 1. The molecule has 0 amide bonds. The van der Waals surface area contributed by atoms with Crippen LogP contribution in [0.5, 0.6) is 11.5 Å². The number of hydrogen-bond donors (Lipinski definition) is 0. The molecular formula is C12H16O3. The lowest BCUT2D eigenvalue weighted by Crippen LogP contribution is -2.01. The van der Waals surface area contributed by atoms with Crippen molar-refractivity contribution in [3.05, 3.63) is 23.3 Å². The molecular weight excluding hydrogens is 192 g/mol. The molecule has 3 heteroatoms. The Kier molecular flexibility index (Phi) is 3.72. The molecule has 0 unspecified atom stereocenters. The van der Waals surface area contributed by atoms with Crippen molar-refractivity contribution in [2.24, 2.45) is 0 Å². The second kappa shape index (κ2) is 4.82. The molecule has 0 aliphatic carbocycles. The van der Waals surface area contributed by atoms with Crippen LogP contribution in [-0.2, 0) is 0 Å². The van der Waals surface area contributed by atoms with Gasteiger partial charge in [-0.2, -0.15) is 0 Å². The van der Waals surface area contributed by atoms with E-state index in [1.165, 1.54) is 0 Å². The van der Waals surface area contributed by atoms with E-state index in [-0.39, 0.29) is 5.92 Å². The largest absolute Gasteiger partial charge is 0.496 e. The average Bonchev–Trinajstić information content (AvgIpc) is 2.26. The SMILES string of the molecule is COc1ccc(C=O)c(OC)c1C(C)C. The van der Waals surface area contributed by atoms with Gasteiger partial charge in [0.1, 0.15) is 11.5 Å². The molecule has 1 rings (SSSR count). The van der Waals surface area contributed by atoms with E-state index in [0.29, 0.717) is 11.3 Å². The topological polar surface area (TPSA) is 35.5 Å². The fourth-order valence-corrected chi connectivity index (χ4v) is 1.64. The third-order valence-electron chi connectivity index (χ3n) is 2.31. The zero-order valence-electron chi connectivity index (χ0n) is 9.53. The molecule has 0 aliphatic rings. The monoisotopic (exact) mass is 208 g/mol. The molecule has 1 aromatic rings. The normalized spacial score (nSPS) is 10.2. The van der Waals surface area contributed by atoms with E-state index in [2.05, 4.69) is 0 Å². The Labute approximate surface area is 90.0 Å². The van der Waals surface area contributed by atoms with Gasteiger partial charge in [0.25, 0.3) is 0 Å². The lowest BCUT2D eigenvalue weighted by Gasteiger charge is -2.17. The quantitative estimate of drug-likeness (QED) is 0.713. The van der Waals surface area contributed by atoms with E-state index >= 15 is 0 Å². The van der Waals surface area contributed by atoms with Gasteiger partial charge in [-0.15, -0.1) is 0 Å². The Morgan fingerprint density at radius 1 is 1.20 bits per heavy atom. The molecule has 82 valence electrons.